The van der Waals surface area contributed by atoms with Gasteiger partial charge in [0.25, 0.3) is 0 Å². The smallest absolute Gasteiger partial charge is 0.346 e. The van der Waals surface area contributed by atoms with Crippen molar-refractivity contribution in [2.24, 2.45) is 0 Å². The molecule has 0 aromatic heterocycles. The van der Waals surface area contributed by atoms with Crippen molar-refractivity contribution in [3.05, 3.63) is 129 Å². The van der Waals surface area contributed by atoms with Gasteiger partial charge < -0.3 is 18.9 Å². The number of ether oxygens (including phenoxy) is 4. The molecule has 2 aliphatic heterocycles. The van der Waals surface area contributed by atoms with E-state index in [-0.39, 0.29) is 44.9 Å². The van der Waals surface area contributed by atoms with E-state index in [9.17, 15) is 28.8 Å². The average Bonchev–Trinajstić information content (AvgIpc) is 3.45. The number of fused-ring (bicyclic) bond motifs is 2. The highest BCUT2D eigenvalue weighted by molar-refractivity contribution is 6.16. The molecule has 2 heterocycles. The molecule has 0 bridgehead atoms. The Kier molecular flexibility index (Phi) is 6.46. The van der Waals surface area contributed by atoms with Gasteiger partial charge in [0, 0.05) is 5.41 Å². The van der Waals surface area contributed by atoms with Gasteiger partial charge in [-0.2, -0.15) is 0 Å². The van der Waals surface area contributed by atoms with Crippen LogP contribution in [0.25, 0.3) is 0 Å². The number of hydrogen-bond acceptors (Lipinski definition) is 10. The molecule has 0 aliphatic carbocycles. The number of rotatable bonds is 6. The summed E-state index contributed by atoms with van der Waals surface area (Å²) in [4.78, 5) is 72.1. The van der Waals surface area contributed by atoms with Crippen molar-refractivity contribution in [1.29, 1.82) is 0 Å². The molecule has 2 aliphatic rings. The van der Waals surface area contributed by atoms with E-state index in [2.05, 4.69) is 9.47 Å². The fourth-order valence-electron chi connectivity index (χ4n) is 4.80. The zero-order chi connectivity index (χ0) is 30.5. The van der Waals surface area contributed by atoms with E-state index in [4.69, 9.17) is 9.47 Å². The Labute approximate surface area is 243 Å². The van der Waals surface area contributed by atoms with Crippen LogP contribution in [0.4, 0.5) is 0 Å². The number of carbonyl (C=O) groups is 6. The first-order valence-electron chi connectivity index (χ1n) is 13.0. The molecule has 0 radical (unpaired) electrons. The first-order valence-corrected chi connectivity index (χ1v) is 13.0. The topological polar surface area (TPSA) is 139 Å². The summed E-state index contributed by atoms with van der Waals surface area (Å²) in [5.74, 6) is -3.93. The predicted octanol–water partition coefficient (Wildman–Crippen LogP) is 5.07. The molecule has 6 rings (SSSR count). The maximum atomic E-state index is 12.7. The molecule has 10 heteroatoms. The molecule has 0 unspecified atom stereocenters. The second kappa shape index (κ2) is 10.2. The Hall–Kier alpha value is -5.90. The zero-order valence-electron chi connectivity index (χ0n) is 22.7. The quantitative estimate of drug-likeness (QED) is 0.174. The first-order chi connectivity index (χ1) is 20.5. The molecule has 0 N–H and O–H groups in total. The van der Waals surface area contributed by atoms with E-state index in [0.717, 1.165) is 11.1 Å². The summed E-state index contributed by atoms with van der Waals surface area (Å²) in [5, 5.41) is 0. The summed E-state index contributed by atoms with van der Waals surface area (Å²) in [6.45, 7) is 4.01. The van der Waals surface area contributed by atoms with Gasteiger partial charge in [0.15, 0.2) is 0 Å². The molecule has 4 aromatic carbocycles. The van der Waals surface area contributed by atoms with Crippen LogP contribution in [0.2, 0.25) is 0 Å². The van der Waals surface area contributed by atoms with E-state index >= 15 is 0 Å². The minimum atomic E-state index is -0.807. The van der Waals surface area contributed by atoms with Gasteiger partial charge in [-0.1, -0.05) is 38.1 Å². The standard InChI is InChI=1S/C33H20O10/c1-33(2,19-5-9-21(10-6-19)40-27(34)17-3-13-23-25(15-17)31(38)42-29(23)36)20-7-11-22(12-8-20)41-28(35)18-4-14-24-26(16-18)32(39)43-30(24)37/h3-16H,1-2H3. The van der Waals surface area contributed by atoms with Gasteiger partial charge in [-0.3, -0.25) is 0 Å². The number of carbonyl (C=O) groups excluding carboxylic acids is 6. The molecule has 10 nitrogen and oxygen atoms in total. The maximum Gasteiger partial charge on any atom is 0.346 e. The SMILES string of the molecule is CC(C)(c1ccc(OC(=O)c2ccc3c(c2)C(=O)OC3=O)cc1)c1ccc(OC(=O)c2ccc3c(c2)C(=O)OC3=O)cc1. The second-order valence-corrected chi connectivity index (χ2v) is 10.3. The van der Waals surface area contributed by atoms with Crippen molar-refractivity contribution in [3.8, 4) is 11.5 Å². The van der Waals surface area contributed by atoms with Crippen LogP contribution in [0.15, 0.2) is 84.9 Å². The van der Waals surface area contributed by atoms with E-state index in [1.54, 1.807) is 24.3 Å². The molecule has 0 saturated heterocycles. The van der Waals surface area contributed by atoms with Gasteiger partial charge in [-0.15, -0.1) is 0 Å². The second-order valence-electron chi connectivity index (χ2n) is 10.3. The highest BCUT2D eigenvalue weighted by Crippen LogP contribution is 2.34. The molecule has 212 valence electrons. The van der Waals surface area contributed by atoms with E-state index in [1.807, 2.05) is 38.1 Å². The normalized spacial score (nSPS) is 13.6. The zero-order valence-corrected chi connectivity index (χ0v) is 22.7. The highest BCUT2D eigenvalue weighted by atomic mass is 16.6. The molecular weight excluding hydrogens is 556 g/mol. The van der Waals surface area contributed by atoms with Crippen LogP contribution < -0.4 is 9.47 Å². The lowest BCUT2D eigenvalue weighted by atomic mass is 9.78. The van der Waals surface area contributed by atoms with Gasteiger partial charge >= 0.3 is 35.8 Å². The van der Waals surface area contributed by atoms with E-state index in [0.29, 0.717) is 0 Å². The monoisotopic (exact) mass is 576 g/mol. The average molecular weight is 577 g/mol. The molecule has 43 heavy (non-hydrogen) atoms. The number of esters is 6. The number of hydrogen-bond donors (Lipinski definition) is 0. The third-order valence-electron chi connectivity index (χ3n) is 7.33. The lowest BCUT2D eigenvalue weighted by molar-refractivity contribution is 0.0425. The van der Waals surface area contributed by atoms with Gasteiger partial charge in [0.05, 0.1) is 33.4 Å². The Bertz CT molecular complexity index is 1750. The molecule has 0 fully saturated rings. The van der Waals surface area contributed by atoms with E-state index in [1.165, 1.54) is 36.4 Å². The van der Waals surface area contributed by atoms with Crippen LogP contribution in [0, 0.1) is 0 Å². The van der Waals surface area contributed by atoms with Gasteiger partial charge in [0.2, 0.25) is 0 Å². The van der Waals surface area contributed by atoms with Crippen LogP contribution in [0.1, 0.15) is 87.1 Å². The summed E-state index contributed by atoms with van der Waals surface area (Å²) in [7, 11) is 0. The van der Waals surface area contributed by atoms with Crippen LogP contribution in [0.5, 0.6) is 11.5 Å². The molecule has 0 atom stereocenters. The molecule has 4 aromatic rings. The third-order valence-corrected chi connectivity index (χ3v) is 7.33. The highest BCUT2D eigenvalue weighted by Gasteiger charge is 2.32. The minimum absolute atomic E-state index is 0.0184. The van der Waals surface area contributed by atoms with E-state index < -0.39 is 41.2 Å². The van der Waals surface area contributed by atoms with Crippen LogP contribution in [-0.2, 0) is 14.9 Å². The van der Waals surface area contributed by atoms with Crippen molar-refractivity contribution < 1.29 is 47.7 Å². The maximum absolute atomic E-state index is 12.7. The van der Waals surface area contributed by atoms with Gasteiger partial charge in [0.1, 0.15) is 11.5 Å². The molecular formula is C33H20O10. The fraction of sp³-hybridized carbons (Fsp3) is 0.0909. The summed E-state index contributed by atoms with van der Waals surface area (Å²) >= 11 is 0. The van der Waals surface area contributed by atoms with Crippen LogP contribution in [-0.4, -0.2) is 35.8 Å². The van der Waals surface area contributed by atoms with Crippen molar-refractivity contribution in [1.82, 2.24) is 0 Å². The molecule has 0 amide bonds. The van der Waals surface area contributed by atoms with Gasteiger partial charge in [-0.05, 0) is 71.8 Å². The van der Waals surface area contributed by atoms with Crippen molar-refractivity contribution >= 4 is 35.8 Å². The number of cyclic esters (lactones) is 4. The first kappa shape index (κ1) is 27.3. The Balaban J connectivity index is 1.12. The molecule has 0 spiro atoms. The minimum Gasteiger partial charge on any atom is -0.423 e. The van der Waals surface area contributed by atoms with Crippen molar-refractivity contribution in [2.75, 3.05) is 0 Å². The summed E-state index contributed by atoms with van der Waals surface area (Å²) in [5.41, 5.74) is 1.79. The van der Waals surface area contributed by atoms with Crippen molar-refractivity contribution in [3.63, 3.8) is 0 Å². The Morgan fingerprint density at radius 1 is 0.512 bits per heavy atom. The summed E-state index contributed by atoms with van der Waals surface area (Å²) in [6, 6.07) is 21.9. The predicted molar refractivity (Wildman–Crippen MR) is 147 cm³/mol. The van der Waals surface area contributed by atoms with Crippen LogP contribution in [0.3, 0.4) is 0 Å². The summed E-state index contributed by atoms with van der Waals surface area (Å²) < 4.78 is 20.0. The Morgan fingerprint density at radius 3 is 1.23 bits per heavy atom. The lowest BCUT2D eigenvalue weighted by Crippen LogP contribution is -2.19. The Morgan fingerprint density at radius 2 is 0.860 bits per heavy atom. The van der Waals surface area contributed by atoms with Gasteiger partial charge in [-0.25, -0.2) is 28.8 Å². The summed E-state index contributed by atoms with van der Waals surface area (Å²) in [6.07, 6.45) is 0. The fourth-order valence-corrected chi connectivity index (χ4v) is 4.80. The lowest BCUT2D eigenvalue weighted by Gasteiger charge is -2.26. The van der Waals surface area contributed by atoms with Crippen LogP contribution >= 0.6 is 0 Å². The third kappa shape index (κ3) is 4.95. The van der Waals surface area contributed by atoms with Crippen molar-refractivity contribution in [2.45, 2.75) is 19.3 Å². The number of benzene rings is 4. The largest absolute Gasteiger partial charge is 0.423 e. The molecule has 0 saturated carbocycles.